The molecule has 2 rings (SSSR count). The van der Waals surface area contributed by atoms with Crippen LogP contribution in [0.1, 0.15) is 5.56 Å². The number of benzene rings is 2. The average Bonchev–Trinajstić information content (AvgIpc) is 2.47. The van der Waals surface area contributed by atoms with E-state index in [9.17, 15) is 19.3 Å². The zero-order valence-electron chi connectivity index (χ0n) is 11.5. The van der Waals surface area contributed by atoms with Crippen LogP contribution in [0.2, 0.25) is 0 Å². The number of nitrogens with one attached hydrogen (secondary N) is 1. The van der Waals surface area contributed by atoms with Crippen LogP contribution in [0.4, 0.5) is 15.8 Å². The number of nitro groups is 1. The summed E-state index contributed by atoms with van der Waals surface area (Å²) in [5.41, 5.74) is 1.10. The highest BCUT2D eigenvalue weighted by atomic mass is 32.2. The van der Waals surface area contributed by atoms with Gasteiger partial charge in [0, 0.05) is 23.6 Å². The molecule has 7 heteroatoms. The highest BCUT2D eigenvalue weighted by Gasteiger charge is 2.08. The summed E-state index contributed by atoms with van der Waals surface area (Å²) in [6.07, 6.45) is 0. The van der Waals surface area contributed by atoms with E-state index < -0.39 is 4.92 Å². The molecule has 0 unspecified atom stereocenters. The number of amides is 1. The first kappa shape index (κ1) is 16.0. The number of rotatable bonds is 6. The first-order valence-electron chi connectivity index (χ1n) is 6.41. The molecular formula is C15H13FN2O3S. The Morgan fingerprint density at radius 3 is 2.73 bits per heavy atom. The minimum Gasteiger partial charge on any atom is -0.325 e. The number of halogens is 1. The van der Waals surface area contributed by atoms with Crippen molar-refractivity contribution in [1.29, 1.82) is 0 Å². The van der Waals surface area contributed by atoms with Gasteiger partial charge in [0.15, 0.2) is 0 Å². The van der Waals surface area contributed by atoms with Gasteiger partial charge in [-0.25, -0.2) is 4.39 Å². The van der Waals surface area contributed by atoms with Crippen molar-refractivity contribution in [2.75, 3.05) is 11.1 Å². The fraction of sp³-hybridized carbons (Fsp3) is 0.133. The van der Waals surface area contributed by atoms with Gasteiger partial charge in [0.05, 0.1) is 10.7 Å². The van der Waals surface area contributed by atoms with Gasteiger partial charge in [-0.1, -0.05) is 18.2 Å². The molecule has 2 aromatic carbocycles. The molecule has 1 N–H and O–H groups in total. The quantitative estimate of drug-likeness (QED) is 0.652. The van der Waals surface area contributed by atoms with Crippen LogP contribution in [-0.2, 0) is 10.5 Å². The van der Waals surface area contributed by atoms with E-state index in [0.717, 1.165) is 5.56 Å². The molecule has 2 aromatic rings. The third-order valence-corrected chi connectivity index (χ3v) is 3.74. The molecule has 114 valence electrons. The molecule has 0 bridgehead atoms. The summed E-state index contributed by atoms with van der Waals surface area (Å²) in [5, 5.41) is 13.3. The predicted octanol–water partition coefficient (Wildman–Crippen LogP) is 3.61. The van der Waals surface area contributed by atoms with Gasteiger partial charge >= 0.3 is 0 Å². The summed E-state index contributed by atoms with van der Waals surface area (Å²) in [5.74, 6) is 0.125. The molecule has 0 aliphatic carbocycles. The Kier molecular flexibility index (Phi) is 5.48. The zero-order valence-corrected chi connectivity index (χ0v) is 12.3. The van der Waals surface area contributed by atoms with Crippen LogP contribution in [0.15, 0.2) is 48.5 Å². The Hall–Kier alpha value is -2.41. The summed E-state index contributed by atoms with van der Waals surface area (Å²) < 4.78 is 13.0. The van der Waals surface area contributed by atoms with Crippen molar-refractivity contribution in [1.82, 2.24) is 0 Å². The lowest BCUT2D eigenvalue weighted by atomic mass is 10.2. The lowest BCUT2D eigenvalue weighted by molar-refractivity contribution is -0.384. The molecule has 0 saturated heterocycles. The van der Waals surface area contributed by atoms with Gasteiger partial charge < -0.3 is 5.32 Å². The van der Waals surface area contributed by atoms with Gasteiger partial charge in [0.25, 0.3) is 5.69 Å². The van der Waals surface area contributed by atoms with Gasteiger partial charge in [-0.3, -0.25) is 14.9 Å². The van der Waals surface area contributed by atoms with Crippen LogP contribution in [0.25, 0.3) is 0 Å². The Morgan fingerprint density at radius 1 is 1.23 bits per heavy atom. The van der Waals surface area contributed by atoms with E-state index in [-0.39, 0.29) is 23.2 Å². The van der Waals surface area contributed by atoms with Crippen molar-refractivity contribution in [3.8, 4) is 0 Å². The second-order valence-corrected chi connectivity index (χ2v) is 5.46. The van der Waals surface area contributed by atoms with Crippen LogP contribution in [-0.4, -0.2) is 16.6 Å². The molecule has 5 nitrogen and oxygen atoms in total. The average molecular weight is 320 g/mol. The van der Waals surface area contributed by atoms with E-state index in [1.807, 2.05) is 0 Å². The van der Waals surface area contributed by atoms with Crippen molar-refractivity contribution in [3.05, 3.63) is 70.0 Å². The third kappa shape index (κ3) is 4.85. The lowest BCUT2D eigenvalue weighted by Gasteiger charge is -2.05. The number of carbonyl (C=O) groups excluding carboxylic acids is 1. The van der Waals surface area contributed by atoms with Crippen LogP contribution < -0.4 is 5.32 Å². The molecular weight excluding hydrogens is 307 g/mol. The first-order chi connectivity index (χ1) is 10.5. The van der Waals surface area contributed by atoms with E-state index in [1.54, 1.807) is 18.2 Å². The summed E-state index contributed by atoms with van der Waals surface area (Å²) in [4.78, 5) is 21.9. The minimum absolute atomic E-state index is 0.0785. The molecule has 0 atom stereocenters. The molecule has 0 heterocycles. The Balaban J connectivity index is 1.83. The van der Waals surface area contributed by atoms with Crippen molar-refractivity contribution in [2.24, 2.45) is 0 Å². The van der Waals surface area contributed by atoms with Gasteiger partial charge in [-0.05, 0) is 23.8 Å². The normalized spacial score (nSPS) is 10.2. The van der Waals surface area contributed by atoms with Gasteiger partial charge in [-0.2, -0.15) is 0 Å². The number of hydrogen-bond acceptors (Lipinski definition) is 4. The molecule has 0 aliphatic heterocycles. The second kappa shape index (κ2) is 7.56. The number of non-ortho nitro benzene ring substituents is 1. The smallest absolute Gasteiger partial charge is 0.271 e. The van der Waals surface area contributed by atoms with Crippen molar-refractivity contribution in [3.63, 3.8) is 0 Å². The number of hydrogen-bond donors (Lipinski definition) is 1. The van der Waals surface area contributed by atoms with Crippen LogP contribution in [0.3, 0.4) is 0 Å². The van der Waals surface area contributed by atoms with E-state index in [2.05, 4.69) is 5.32 Å². The van der Waals surface area contributed by atoms with E-state index >= 15 is 0 Å². The molecule has 0 aromatic heterocycles. The molecule has 0 fully saturated rings. The number of nitrogens with zero attached hydrogens (tertiary/aromatic N) is 1. The summed E-state index contributed by atoms with van der Waals surface area (Å²) in [6.45, 7) is 0. The van der Waals surface area contributed by atoms with Gasteiger partial charge in [0.2, 0.25) is 5.91 Å². The number of anilines is 1. The van der Waals surface area contributed by atoms with Gasteiger partial charge in [-0.15, -0.1) is 11.8 Å². The van der Waals surface area contributed by atoms with Crippen LogP contribution in [0, 0.1) is 15.9 Å². The highest BCUT2D eigenvalue weighted by molar-refractivity contribution is 7.99. The topological polar surface area (TPSA) is 72.2 Å². The van der Waals surface area contributed by atoms with Crippen LogP contribution in [0.5, 0.6) is 0 Å². The molecule has 0 radical (unpaired) electrons. The fourth-order valence-electron chi connectivity index (χ4n) is 1.78. The Labute approximate surface area is 130 Å². The van der Waals surface area contributed by atoms with Crippen molar-refractivity contribution in [2.45, 2.75) is 5.75 Å². The first-order valence-corrected chi connectivity index (χ1v) is 7.56. The molecule has 0 spiro atoms. The maximum absolute atomic E-state index is 13.0. The lowest BCUT2D eigenvalue weighted by Crippen LogP contribution is -2.14. The molecule has 0 saturated carbocycles. The minimum atomic E-state index is -0.519. The fourth-order valence-corrected chi connectivity index (χ4v) is 2.56. The third-order valence-electron chi connectivity index (χ3n) is 2.73. The van der Waals surface area contributed by atoms with Crippen molar-refractivity contribution < 1.29 is 14.1 Å². The number of thioether (sulfide) groups is 1. The highest BCUT2D eigenvalue weighted by Crippen LogP contribution is 2.18. The summed E-state index contributed by atoms with van der Waals surface area (Å²) >= 11 is 1.34. The zero-order chi connectivity index (χ0) is 15.9. The Bertz CT molecular complexity index is 694. The standard InChI is InChI=1S/C15H13FN2O3S/c16-12-4-1-3-11(7-12)9-22-10-15(19)17-13-5-2-6-14(8-13)18(20)21/h1-8H,9-10H2,(H,17,19). The maximum atomic E-state index is 13.0. The predicted molar refractivity (Wildman–Crippen MR) is 84.3 cm³/mol. The van der Waals surface area contributed by atoms with Crippen molar-refractivity contribution >= 4 is 29.0 Å². The number of carbonyl (C=O) groups is 1. The molecule has 0 aliphatic rings. The SMILES string of the molecule is O=C(CSCc1cccc(F)c1)Nc1cccc([N+](=O)[O-])c1. The monoisotopic (exact) mass is 320 g/mol. The molecule has 22 heavy (non-hydrogen) atoms. The maximum Gasteiger partial charge on any atom is 0.271 e. The van der Waals surface area contributed by atoms with E-state index in [4.69, 9.17) is 0 Å². The second-order valence-electron chi connectivity index (χ2n) is 4.48. The van der Waals surface area contributed by atoms with Crippen LogP contribution >= 0.6 is 11.8 Å². The summed E-state index contributed by atoms with van der Waals surface area (Å²) in [7, 11) is 0. The Morgan fingerprint density at radius 2 is 2.00 bits per heavy atom. The van der Waals surface area contributed by atoms with Gasteiger partial charge in [0.1, 0.15) is 5.82 Å². The number of nitro benzene ring substituents is 1. The summed E-state index contributed by atoms with van der Waals surface area (Å²) in [6, 6.07) is 11.9. The van der Waals surface area contributed by atoms with E-state index in [0.29, 0.717) is 11.4 Å². The molecule has 1 amide bonds. The van der Waals surface area contributed by atoms with E-state index in [1.165, 1.54) is 42.1 Å². The largest absolute Gasteiger partial charge is 0.325 e.